The van der Waals surface area contributed by atoms with Gasteiger partial charge in [0.2, 0.25) is 4.80 Å². The number of thiazole rings is 1. The van der Waals surface area contributed by atoms with E-state index in [1.54, 1.807) is 11.3 Å². The molecule has 0 atom stereocenters. The Hall–Kier alpha value is -1.68. The van der Waals surface area contributed by atoms with Crippen molar-refractivity contribution in [2.24, 2.45) is 10.2 Å². The minimum atomic E-state index is 0.841. The molecule has 4 heteroatoms. The molecule has 0 amide bonds. The predicted molar refractivity (Wildman–Crippen MR) is 81.7 cm³/mol. The first kappa shape index (κ1) is 13.7. The predicted octanol–water partition coefficient (Wildman–Crippen LogP) is 3.51. The minimum absolute atomic E-state index is 0.841. The smallest absolute Gasteiger partial charge is 0.211 e. The molecule has 1 aromatic heterocycles. The van der Waals surface area contributed by atoms with Gasteiger partial charge in [-0.05, 0) is 33.3 Å². The molecule has 1 heterocycles. The number of benzene rings is 1. The first-order valence-corrected chi connectivity index (χ1v) is 7.15. The molecule has 2 aromatic rings. The summed E-state index contributed by atoms with van der Waals surface area (Å²) in [6.45, 7) is 9.02. The summed E-state index contributed by atoms with van der Waals surface area (Å²) < 4.78 is 2.22. The van der Waals surface area contributed by atoms with Gasteiger partial charge in [0.25, 0.3) is 0 Å². The van der Waals surface area contributed by atoms with E-state index >= 15 is 0 Å². The van der Waals surface area contributed by atoms with E-state index in [4.69, 9.17) is 0 Å². The fourth-order valence-corrected chi connectivity index (χ4v) is 2.69. The molecule has 1 aromatic carbocycles. The average molecular weight is 273 g/mol. The van der Waals surface area contributed by atoms with Crippen molar-refractivity contribution in [3.63, 3.8) is 0 Å². The van der Waals surface area contributed by atoms with E-state index in [2.05, 4.69) is 52.9 Å². The number of hydrogen-bond acceptors (Lipinski definition) is 3. The van der Waals surface area contributed by atoms with Gasteiger partial charge < -0.3 is 4.57 Å². The summed E-state index contributed by atoms with van der Waals surface area (Å²) >= 11 is 1.69. The molecule has 0 saturated heterocycles. The zero-order valence-corrected chi connectivity index (χ0v) is 12.7. The maximum absolute atomic E-state index is 4.35. The zero-order valence-electron chi connectivity index (χ0n) is 11.8. The summed E-state index contributed by atoms with van der Waals surface area (Å²) in [5.41, 5.74) is 3.51. The lowest BCUT2D eigenvalue weighted by Gasteiger charge is -2.06. The maximum Gasteiger partial charge on any atom is 0.211 e. The van der Waals surface area contributed by atoms with Crippen molar-refractivity contribution in [3.8, 4) is 0 Å². The molecule has 100 valence electrons. The summed E-state index contributed by atoms with van der Waals surface area (Å²) in [7, 11) is 0. The molecule has 0 aliphatic heterocycles. The van der Waals surface area contributed by atoms with Crippen molar-refractivity contribution < 1.29 is 0 Å². The molecular weight excluding hydrogens is 254 g/mol. The van der Waals surface area contributed by atoms with Gasteiger partial charge in [-0.3, -0.25) is 0 Å². The topological polar surface area (TPSA) is 29.6 Å². The van der Waals surface area contributed by atoms with E-state index in [1.165, 1.54) is 16.1 Å². The van der Waals surface area contributed by atoms with Crippen LogP contribution in [-0.4, -0.2) is 10.3 Å². The van der Waals surface area contributed by atoms with Crippen LogP contribution in [0.3, 0.4) is 0 Å². The highest BCUT2D eigenvalue weighted by Crippen LogP contribution is 2.12. The number of aryl methyl sites for hydroxylation is 1. The SMILES string of the molecule is CC(C)=NN=c1sc(C)c(C)n1Cc1ccccc1. The largest absolute Gasteiger partial charge is 0.315 e. The molecule has 0 bridgehead atoms. The molecule has 0 radical (unpaired) electrons. The molecule has 0 fully saturated rings. The van der Waals surface area contributed by atoms with Crippen LogP contribution in [0.15, 0.2) is 40.5 Å². The van der Waals surface area contributed by atoms with Gasteiger partial charge in [0.1, 0.15) is 0 Å². The Balaban J connectivity index is 2.45. The highest BCUT2D eigenvalue weighted by Gasteiger charge is 2.06. The molecule has 0 spiro atoms. The molecule has 3 nitrogen and oxygen atoms in total. The average Bonchev–Trinajstić information content (AvgIpc) is 2.65. The second-order valence-corrected chi connectivity index (χ2v) is 5.93. The fraction of sp³-hybridized carbons (Fsp3) is 0.333. The molecule has 0 saturated carbocycles. The van der Waals surface area contributed by atoms with E-state index in [-0.39, 0.29) is 0 Å². The molecule has 0 aliphatic carbocycles. The van der Waals surface area contributed by atoms with Gasteiger partial charge in [0.15, 0.2) is 0 Å². The van der Waals surface area contributed by atoms with Crippen molar-refractivity contribution >= 4 is 17.0 Å². The van der Waals surface area contributed by atoms with E-state index < -0.39 is 0 Å². The number of rotatable bonds is 3. The molecule has 0 aliphatic rings. The lowest BCUT2D eigenvalue weighted by Crippen LogP contribution is -2.16. The van der Waals surface area contributed by atoms with Crippen LogP contribution in [0, 0.1) is 13.8 Å². The monoisotopic (exact) mass is 273 g/mol. The van der Waals surface area contributed by atoms with Gasteiger partial charge in [0.05, 0.1) is 6.54 Å². The van der Waals surface area contributed by atoms with E-state index in [0.717, 1.165) is 17.1 Å². The van der Waals surface area contributed by atoms with E-state index in [0.29, 0.717) is 0 Å². The number of nitrogens with zero attached hydrogens (tertiary/aromatic N) is 3. The number of aromatic nitrogens is 1. The Bertz CT molecular complexity index is 644. The normalized spacial score (nSPS) is 11.7. The van der Waals surface area contributed by atoms with Crippen molar-refractivity contribution in [1.29, 1.82) is 0 Å². The van der Waals surface area contributed by atoms with E-state index in [9.17, 15) is 0 Å². The first-order valence-electron chi connectivity index (χ1n) is 6.33. The molecule has 0 unspecified atom stereocenters. The molecule has 2 rings (SSSR count). The first-order chi connectivity index (χ1) is 9.08. The van der Waals surface area contributed by atoms with Crippen LogP contribution in [0.1, 0.15) is 30.0 Å². The van der Waals surface area contributed by atoms with Crippen LogP contribution in [0.5, 0.6) is 0 Å². The standard InChI is InChI=1S/C15H19N3S/c1-11(2)16-17-15-18(12(3)13(4)19-15)10-14-8-6-5-7-9-14/h5-9H,10H2,1-4H3. The summed E-state index contributed by atoms with van der Waals surface area (Å²) in [5, 5.41) is 8.54. The van der Waals surface area contributed by atoms with E-state index in [1.807, 2.05) is 19.9 Å². The summed E-state index contributed by atoms with van der Waals surface area (Å²) in [4.78, 5) is 2.25. The number of hydrogen-bond donors (Lipinski definition) is 0. The Labute approximate surface area is 118 Å². The minimum Gasteiger partial charge on any atom is -0.315 e. The Morgan fingerprint density at radius 1 is 1.16 bits per heavy atom. The quantitative estimate of drug-likeness (QED) is 0.605. The van der Waals surface area contributed by atoms with Gasteiger partial charge in [-0.25, -0.2) is 0 Å². The van der Waals surface area contributed by atoms with Crippen molar-refractivity contribution in [2.45, 2.75) is 34.2 Å². The van der Waals surface area contributed by atoms with Gasteiger partial charge >= 0.3 is 0 Å². The van der Waals surface area contributed by atoms with Crippen LogP contribution >= 0.6 is 11.3 Å². The summed E-state index contributed by atoms with van der Waals surface area (Å²) in [6.07, 6.45) is 0. The van der Waals surface area contributed by atoms with Crippen LogP contribution in [0.25, 0.3) is 0 Å². The Morgan fingerprint density at radius 3 is 2.47 bits per heavy atom. The molecule has 19 heavy (non-hydrogen) atoms. The summed E-state index contributed by atoms with van der Waals surface area (Å²) in [6, 6.07) is 10.4. The highest BCUT2D eigenvalue weighted by atomic mass is 32.1. The van der Waals surface area contributed by atoms with Crippen LogP contribution in [-0.2, 0) is 6.54 Å². The van der Waals surface area contributed by atoms with Gasteiger partial charge in [-0.1, -0.05) is 30.3 Å². The Kier molecular flexibility index (Phi) is 4.32. The second-order valence-electron chi connectivity index (χ2n) is 4.75. The lowest BCUT2D eigenvalue weighted by molar-refractivity contribution is 0.731. The maximum atomic E-state index is 4.35. The van der Waals surface area contributed by atoms with Crippen LogP contribution < -0.4 is 4.80 Å². The van der Waals surface area contributed by atoms with Crippen LogP contribution in [0.4, 0.5) is 0 Å². The molecule has 0 N–H and O–H groups in total. The second kappa shape index (κ2) is 5.97. The third-order valence-electron chi connectivity index (χ3n) is 2.91. The van der Waals surface area contributed by atoms with Crippen molar-refractivity contribution in [2.75, 3.05) is 0 Å². The third kappa shape index (κ3) is 3.41. The third-order valence-corrected chi connectivity index (χ3v) is 3.99. The van der Waals surface area contributed by atoms with Gasteiger partial charge in [-0.15, -0.1) is 16.4 Å². The fourth-order valence-electron chi connectivity index (χ4n) is 1.77. The summed E-state index contributed by atoms with van der Waals surface area (Å²) in [5.74, 6) is 0. The van der Waals surface area contributed by atoms with Crippen molar-refractivity contribution in [3.05, 3.63) is 51.3 Å². The van der Waals surface area contributed by atoms with Crippen molar-refractivity contribution in [1.82, 2.24) is 4.57 Å². The molecular formula is C15H19N3S. The van der Waals surface area contributed by atoms with Crippen LogP contribution in [0.2, 0.25) is 0 Å². The van der Waals surface area contributed by atoms with Gasteiger partial charge in [-0.2, -0.15) is 5.10 Å². The Morgan fingerprint density at radius 2 is 1.84 bits per heavy atom. The highest BCUT2D eigenvalue weighted by molar-refractivity contribution is 7.09. The zero-order chi connectivity index (χ0) is 13.8. The van der Waals surface area contributed by atoms with Gasteiger partial charge in [0, 0.05) is 16.3 Å². The lowest BCUT2D eigenvalue weighted by atomic mass is 10.2.